The summed E-state index contributed by atoms with van der Waals surface area (Å²) in [6.45, 7) is 0. The van der Waals surface area contributed by atoms with E-state index in [0.717, 1.165) is 11.1 Å². The van der Waals surface area contributed by atoms with E-state index in [4.69, 9.17) is 4.74 Å². The number of esters is 1. The van der Waals surface area contributed by atoms with Crippen LogP contribution in [0, 0.1) is 0 Å². The fraction of sp³-hybridized carbons (Fsp3) is 0.192. The lowest BCUT2D eigenvalue weighted by molar-refractivity contribution is -0.145. The van der Waals surface area contributed by atoms with Crippen LogP contribution in [0.5, 0.6) is 0 Å². The molecule has 3 rings (SSSR count). The first-order valence-electron chi connectivity index (χ1n) is 10.2. The van der Waals surface area contributed by atoms with Gasteiger partial charge < -0.3 is 10.1 Å². The Kier molecular flexibility index (Phi) is 7.71. The molecule has 3 aromatic rings. The summed E-state index contributed by atoms with van der Waals surface area (Å²) in [5, 5.41) is 2.77. The molecule has 0 saturated carbocycles. The molecule has 0 heterocycles. The lowest BCUT2D eigenvalue weighted by Gasteiger charge is -2.17. The van der Waals surface area contributed by atoms with Crippen molar-refractivity contribution in [3.63, 3.8) is 0 Å². The molecular formula is C26H25NO4. The van der Waals surface area contributed by atoms with Crippen LogP contribution in [0.25, 0.3) is 0 Å². The lowest BCUT2D eigenvalue weighted by Crippen LogP contribution is -2.43. The summed E-state index contributed by atoms with van der Waals surface area (Å²) in [7, 11) is 1.30. The molecule has 0 unspecified atom stereocenters. The van der Waals surface area contributed by atoms with Crippen LogP contribution < -0.4 is 5.32 Å². The summed E-state index contributed by atoms with van der Waals surface area (Å²) in [6.07, 6.45) is 1.16. The molecule has 1 amide bonds. The van der Waals surface area contributed by atoms with Crippen LogP contribution in [0.1, 0.15) is 33.5 Å². The van der Waals surface area contributed by atoms with Crippen molar-refractivity contribution in [1.82, 2.24) is 5.32 Å². The Labute approximate surface area is 182 Å². The summed E-state index contributed by atoms with van der Waals surface area (Å²) < 4.78 is 4.86. The highest BCUT2D eigenvalue weighted by Gasteiger charge is 2.22. The number of hydrogen-bond donors (Lipinski definition) is 1. The highest BCUT2D eigenvalue weighted by Crippen LogP contribution is 2.13. The quantitative estimate of drug-likeness (QED) is 0.427. The van der Waals surface area contributed by atoms with Gasteiger partial charge in [0.2, 0.25) is 5.91 Å². The number of methoxy groups -OCH3 is 1. The van der Waals surface area contributed by atoms with Crippen molar-refractivity contribution in [2.45, 2.75) is 25.3 Å². The number of nitrogens with one attached hydrogen (secondary N) is 1. The molecule has 0 fully saturated rings. The molecule has 5 heteroatoms. The summed E-state index contributed by atoms with van der Waals surface area (Å²) in [5.74, 6) is -0.779. The minimum atomic E-state index is -0.788. The zero-order chi connectivity index (χ0) is 22.1. The van der Waals surface area contributed by atoms with E-state index in [1.807, 2.05) is 48.5 Å². The van der Waals surface area contributed by atoms with Crippen molar-refractivity contribution in [3.8, 4) is 0 Å². The summed E-state index contributed by atoms with van der Waals surface area (Å²) in [4.78, 5) is 37.1. The van der Waals surface area contributed by atoms with E-state index in [1.165, 1.54) is 7.11 Å². The predicted molar refractivity (Wildman–Crippen MR) is 119 cm³/mol. The average Bonchev–Trinajstić information content (AvgIpc) is 2.83. The van der Waals surface area contributed by atoms with Gasteiger partial charge in [0.25, 0.3) is 0 Å². The van der Waals surface area contributed by atoms with Crippen molar-refractivity contribution in [2.75, 3.05) is 7.11 Å². The molecule has 3 aromatic carbocycles. The Hall–Kier alpha value is -3.73. The van der Waals surface area contributed by atoms with Gasteiger partial charge in [0.15, 0.2) is 5.78 Å². The Bertz CT molecular complexity index is 1010. The van der Waals surface area contributed by atoms with E-state index in [1.54, 1.807) is 36.4 Å². The number of aryl methyl sites for hydroxylation is 1. The van der Waals surface area contributed by atoms with Crippen molar-refractivity contribution >= 4 is 17.7 Å². The van der Waals surface area contributed by atoms with Crippen LogP contribution in [0.2, 0.25) is 0 Å². The fourth-order valence-corrected chi connectivity index (χ4v) is 3.29. The number of carbonyl (C=O) groups is 3. The number of hydrogen-bond acceptors (Lipinski definition) is 4. The molecule has 1 atom stereocenters. The van der Waals surface area contributed by atoms with Crippen LogP contribution in [0.3, 0.4) is 0 Å². The second kappa shape index (κ2) is 10.9. The molecule has 0 saturated heterocycles. The van der Waals surface area contributed by atoms with Crippen molar-refractivity contribution in [1.29, 1.82) is 0 Å². The number of benzene rings is 3. The molecule has 0 radical (unpaired) electrons. The van der Waals surface area contributed by atoms with Crippen molar-refractivity contribution in [2.24, 2.45) is 0 Å². The average molecular weight is 415 g/mol. The Balaban J connectivity index is 1.61. The van der Waals surface area contributed by atoms with E-state index in [9.17, 15) is 14.4 Å². The van der Waals surface area contributed by atoms with E-state index in [-0.39, 0.29) is 24.5 Å². The number of carbonyl (C=O) groups excluding carboxylic acids is 3. The monoisotopic (exact) mass is 415 g/mol. The Morgan fingerprint density at radius 3 is 1.97 bits per heavy atom. The standard InChI is InChI=1S/C26H25NO4/c1-31-26(30)23(27-24(28)17-14-19-8-4-2-5-9-19)18-20-12-15-22(16-13-20)25(29)21-10-6-3-7-11-21/h2-13,15-16,23H,14,17-18H2,1H3,(H,27,28)/t23-/m0/s1. The van der Waals surface area contributed by atoms with Crippen LogP contribution in [-0.4, -0.2) is 30.8 Å². The van der Waals surface area contributed by atoms with Crippen LogP contribution in [0.4, 0.5) is 0 Å². The van der Waals surface area contributed by atoms with Gasteiger partial charge in [-0.1, -0.05) is 84.9 Å². The van der Waals surface area contributed by atoms with Gasteiger partial charge in [-0.05, 0) is 17.5 Å². The third-order valence-corrected chi connectivity index (χ3v) is 5.00. The largest absolute Gasteiger partial charge is 0.467 e. The maximum atomic E-state index is 12.5. The molecule has 0 spiro atoms. The SMILES string of the molecule is COC(=O)[C@H](Cc1ccc(C(=O)c2ccccc2)cc1)NC(=O)CCc1ccccc1. The highest BCUT2D eigenvalue weighted by molar-refractivity contribution is 6.08. The predicted octanol–water partition coefficient (Wildman–Crippen LogP) is 3.75. The second-order valence-corrected chi connectivity index (χ2v) is 7.23. The number of ketones is 1. The van der Waals surface area contributed by atoms with Gasteiger partial charge >= 0.3 is 5.97 Å². The maximum Gasteiger partial charge on any atom is 0.328 e. The summed E-state index contributed by atoms with van der Waals surface area (Å²) >= 11 is 0. The molecule has 0 aliphatic heterocycles. The Morgan fingerprint density at radius 1 is 0.774 bits per heavy atom. The van der Waals surface area contributed by atoms with E-state index in [2.05, 4.69) is 5.32 Å². The third kappa shape index (κ3) is 6.37. The molecule has 0 aromatic heterocycles. The summed E-state index contributed by atoms with van der Waals surface area (Å²) in [5.41, 5.74) is 3.07. The molecule has 31 heavy (non-hydrogen) atoms. The van der Waals surface area contributed by atoms with Crippen molar-refractivity contribution in [3.05, 3.63) is 107 Å². The molecule has 0 bridgehead atoms. The van der Waals surface area contributed by atoms with Crippen LogP contribution >= 0.6 is 0 Å². The van der Waals surface area contributed by atoms with Gasteiger partial charge in [0, 0.05) is 24.0 Å². The topological polar surface area (TPSA) is 72.5 Å². The smallest absolute Gasteiger partial charge is 0.328 e. The zero-order valence-electron chi connectivity index (χ0n) is 17.4. The molecule has 0 aliphatic rings. The van der Waals surface area contributed by atoms with Crippen molar-refractivity contribution < 1.29 is 19.1 Å². The zero-order valence-corrected chi connectivity index (χ0v) is 17.4. The molecule has 5 nitrogen and oxygen atoms in total. The summed E-state index contributed by atoms with van der Waals surface area (Å²) in [6, 6.07) is 25.0. The van der Waals surface area contributed by atoms with Gasteiger partial charge in [-0.15, -0.1) is 0 Å². The van der Waals surface area contributed by atoms with Gasteiger partial charge in [0.05, 0.1) is 7.11 Å². The number of ether oxygens (including phenoxy) is 1. The fourth-order valence-electron chi connectivity index (χ4n) is 3.29. The maximum absolute atomic E-state index is 12.5. The first-order chi connectivity index (χ1) is 15.1. The lowest BCUT2D eigenvalue weighted by atomic mass is 9.99. The van der Waals surface area contributed by atoms with E-state index < -0.39 is 12.0 Å². The molecular weight excluding hydrogens is 390 g/mol. The molecule has 1 N–H and O–H groups in total. The van der Waals surface area contributed by atoms with Crippen LogP contribution in [-0.2, 0) is 27.2 Å². The number of amides is 1. The molecule has 0 aliphatic carbocycles. The van der Waals surface area contributed by atoms with Gasteiger partial charge in [-0.25, -0.2) is 4.79 Å². The minimum absolute atomic E-state index is 0.0640. The second-order valence-electron chi connectivity index (χ2n) is 7.23. The molecule has 158 valence electrons. The van der Waals surface area contributed by atoms with Crippen LogP contribution in [0.15, 0.2) is 84.9 Å². The highest BCUT2D eigenvalue weighted by atomic mass is 16.5. The van der Waals surface area contributed by atoms with Gasteiger partial charge in [-0.2, -0.15) is 0 Å². The third-order valence-electron chi connectivity index (χ3n) is 5.00. The van der Waals surface area contributed by atoms with Gasteiger partial charge in [0.1, 0.15) is 6.04 Å². The van der Waals surface area contributed by atoms with E-state index in [0.29, 0.717) is 17.5 Å². The normalized spacial score (nSPS) is 11.4. The minimum Gasteiger partial charge on any atom is -0.467 e. The first-order valence-corrected chi connectivity index (χ1v) is 10.2. The number of rotatable bonds is 9. The van der Waals surface area contributed by atoms with Gasteiger partial charge in [-0.3, -0.25) is 9.59 Å². The first kappa shape index (κ1) is 22.0. The van der Waals surface area contributed by atoms with E-state index >= 15 is 0 Å². The Morgan fingerprint density at radius 2 is 1.35 bits per heavy atom.